The number of nitrogens with two attached hydrogens (primary N) is 1. The molecule has 0 aliphatic heterocycles. The van der Waals surface area contributed by atoms with Crippen LogP contribution in [0.25, 0.3) is 0 Å². The van der Waals surface area contributed by atoms with Crippen molar-refractivity contribution in [3.8, 4) is 0 Å². The summed E-state index contributed by atoms with van der Waals surface area (Å²) in [6.45, 7) is 4.19. The number of pyridine rings is 1. The molecule has 3 nitrogen and oxygen atoms in total. The summed E-state index contributed by atoms with van der Waals surface area (Å²) in [7, 11) is 2.11. The lowest BCUT2D eigenvalue weighted by Crippen LogP contribution is -2.33. The Bertz CT molecular complexity index is 324. The highest BCUT2D eigenvalue weighted by Gasteiger charge is 2.13. The lowest BCUT2D eigenvalue weighted by Gasteiger charge is -2.28. The minimum Gasteiger partial charge on any atom is -0.356 e. The van der Waals surface area contributed by atoms with Crippen LogP contribution in [0, 0.1) is 0 Å². The zero-order valence-corrected chi connectivity index (χ0v) is 12.0. The van der Waals surface area contributed by atoms with Gasteiger partial charge in [0.15, 0.2) is 0 Å². The fourth-order valence-corrected chi connectivity index (χ4v) is 2.60. The Morgan fingerprint density at radius 2 is 2.18 bits per heavy atom. The Morgan fingerprint density at radius 1 is 1.47 bits per heavy atom. The van der Waals surface area contributed by atoms with Crippen molar-refractivity contribution in [2.24, 2.45) is 5.73 Å². The molecule has 2 atom stereocenters. The Morgan fingerprint density at radius 3 is 2.59 bits per heavy atom. The van der Waals surface area contributed by atoms with Crippen LogP contribution < -0.4 is 10.6 Å². The van der Waals surface area contributed by atoms with Gasteiger partial charge in [0.2, 0.25) is 0 Å². The standard InChI is InChI=1S/C13H23N3S/c1-5-12(9-17-4)16(3)13-7-6-11(8-15-13)10(2)14/h6-8,10,12H,5,9,14H2,1-4H3/t10-,12?/m0/s1. The van der Waals surface area contributed by atoms with E-state index in [4.69, 9.17) is 5.73 Å². The third kappa shape index (κ3) is 3.89. The van der Waals surface area contributed by atoms with Crippen LogP contribution in [-0.4, -0.2) is 30.1 Å². The molecule has 1 rings (SSSR count). The van der Waals surface area contributed by atoms with Crippen LogP contribution in [0.1, 0.15) is 31.9 Å². The smallest absolute Gasteiger partial charge is 0.128 e. The number of rotatable bonds is 6. The highest BCUT2D eigenvalue weighted by molar-refractivity contribution is 7.98. The molecule has 0 spiro atoms. The molecule has 1 unspecified atom stereocenters. The van der Waals surface area contributed by atoms with Crippen molar-refractivity contribution in [3.63, 3.8) is 0 Å². The normalized spacial score (nSPS) is 14.4. The number of thioether (sulfide) groups is 1. The van der Waals surface area contributed by atoms with Crippen molar-refractivity contribution < 1.29 is 0 Å². The van der Waals surface area contributed by atoms with Crippen LogP contribution in [0.2, 0.25) is 0 Å². The van der Waals surface area contributed by atoms with E-state index in [0.717, 1.165) is 23.6 Å². The summed E-state index contributed by atoms with van der Waals surface area (Å²) in [5.41, 5.74) is 6.90. The number of nitrogens with zero attached hydrogens (tertiary/aromatic N) is 2. The summed E-state index contributed by atoms with van der Waals surface area (Å²) in [4.78, 5) is 6.74. The molecule has 1 heterocycles. The maximum absolute atomic E-state index is 5.82. The zero-order valence-electron chi connectivity index (χ0n) is 11.2. The van der Waals surface area contributed by atoms with Crippen molar-refractivity contribution in [1.82, 2.24) is 4.98 Å². The van der Waals surface area contributed by atoms with Gasteiger partial charge < -0.3 is 10.6 Å². The van der Waals surface area contributed by atoms with Gasteiger partial charge in [0.1, 0.15) is 5.82 Å². The molecule has 0 bridgehead atoms. The van der Waals surface area contributed by atoms with Gasteiger partial charge >= 0.3 is 0 Å². The van der Waals surface area contributed by atoms with E-state index in [9.17, 15) is 0 Å². The summed E-state index contributed by atoms with van der Waals surface area (Å²) in [5, 5.41) is 0. The number of anilines is 1. The summed E-state index contributed by atoms with van der Waals surface area (Å²) < 4.78 is 0. The van der Waals surface area contributed by atoms with Gasteiger partial charge in [-0.05, 0) is 31.2 Å². The van der Waals surface area contributed by atoms with Crippen LogP contribution in [0.3, 0.4) is 0 Å². The predicted molar refractivity (Wildman–Crippen MR) is 77.7 cm³/mol. The Kier molecular flexibility index (Phi) is 5.78. The van der Waals surface area contributed by atoms with Crippen molar-refractivity contribution in [2.75, 3.05) is 24.0 Å². The van der Waals surface area contributed by atoms with Crippen molar-refractivity contribution in [1.29, 1.82) is 0 Å². The molecular weight excluding hydrogens is 230 g/mol. The first-order chi connectivity index (χ1) is 8.10. The van der Waals surface area contributed by atoms with Crippen molar-refractivity contribution >= 4 is 17.6 Å². The van der Waals surface area contributed by atoms with Gasteiger partial charge in [0.05, 0.1) is 0 Å². The van der Waals surface area contributed by atoms with E-state index in [1.807, 2.05) is 24.9 Å². The lowest BCUT2D eigenvalue weighted by molar-refractivity contribution is 0.665. The molecule has 4 heteroatoms. The summed E-state index contributed by atoms with van der Waals surface area (Å²) in [6.07, 6.45) is 5.15. The zero-order chi connectivity index (χ0) is 12.8. The molecule has 0 aliphatic carbocycles. The van der Waals surface area contributed by atoms with Crippen LogP contribution in [0.4, 0.5) is 5.82 Å². The van der Waals surface area contributed by atoms with Crippen LogP contribution in [0.5, 0.6) is 0 Å². The van der Waals surface area contributed by atoms with Crippen molar-refractivity contribution in [3.05, 3.63) is 23.9 Å². The molecule has 96 valence electrons. The van der Waals surface area contributed by atoms with E-state index in [0.29, 0.717) is 6.04 Å². The van der Waals surface area contributed by atoms with Gasteiger partial charge in [-0.2, -0.15) is 11.8 Å². The molecule has 0 fully saturated rings. The van der Waals surface area contributed by atoms with Crippen molar-refractivity contribution in [2.45, 2.75) is 32.4 Å². The third-order valence-electron chi connectivity index (χ3n) is 3.04. The summed E-state index contributed by atoms with van der Waals surface area (Å²) >= 11 is 1.88. The third-order valence-corrected chi connectivity index (χ3v) is 3.75. The van der Waals surface area contributed by atoms with E-state index in [1.165, 1.54) is 0 Å². The average Bonchev–Trinajstić information content (AvgIpc) is 2.35. The summed E-state index contributed by atoms with van der Waals surface area (Å²) in [5.74, 6) is 2.15. The first-order valence-corrected chi connectivity index (χ1v) is 7.42. The highest BCUT2D eigenvalue weighted by atomic mass is 32.2. The quantitative estimate of drug-likeness (QED) is 0.846. The topological polar surface area (TPSA) is 42.1 Å². The van der Waals surface area contributed by atoms with Gasteiger partial charge in [0, 0.05) is 31.1 Å². The van der Waals surface area contributed by atoms with Gasteiger partial charge in [-0.15, -0.1) is 0 Å². The molecule has 1 aromatic heterocycles. The Balaban J connectivity index is 2.77. The van der Waals surface area contributed by atoms with Gasteiger partial charge in [-0.3, -0.25) is 0 Å². The maximum Gasteiger partial charge on any atom is 0.128 e. The molecule has 2 N–H and O–H groups in total. The second-order valence-electron chi connectivity index (χ2n) is 4.37. The Hall–Kier alpha value is -0.740. The first kappa shape index (κ1) is 14.3. The fourth-order valence-electron chi connectivity index (χ4n) is 1.76. The van der Waals surface area contributed by atoms with E-state index in [-0.39, 0.29) is 6.04 Å². The molecule has 1 aromatic rings. The second kappa shape index (κ2) is 6.87. The van der Waals surface area contributed by atoms with Crippen LogP contribution in [-0.2, 0) is 0 Å². The lowest BCUT2D eigenvalue weighted by atomic mass is 10.1. The molecule has 0 aromatic carbocycles. The molecule has 0 radical (unpaired) electrons. The second-order valence-corrected chi connectivity index (χ2v) is 5.28. The highest BCUT2D eigenvalue weighted by Crippen LogP contribution is 2.18. The van der Waals surface area contributed by atoms with E-state index in [1.54, 1.807) is 0 Å². The minimum absolute atomic E-state index is 0.0509. The van der Waals surface area contributed by atoms with Gasteiger partial charge in [0.25, 0.3) is 0 Å². The minimum atomic E-state index is 0.0509. The average molecular weight is 253 g/mol. The van der Waals surface area contributed by atoms with E-state index < -0.39 is 0 Å². The fraction of sp³-hybridized carbons (Fsp3) is 0.615. The monoisotopic (exact) mass is 253 g/mol. The predicted octanol–water partition coefficient (Wildman–Crippen LogP) is 2.68. The van der Waals surface area contributed by atoms with Crippen LogP contribution in [0.15, 0.2) is 18.3 Å². The van der Waals surface area contributed by atoms with E-state index >= 15 is 0 Å². The number of hydrogen-bond donors (Lipinski definition) is 1. The molecule has 0 saturated heterocycles. The van der Waals surface area contributed by atoms with Crippen LogP contribution >= 0.6 is 11.8 Å². The maximum atomic E-state index is 5.82. The van der Waals surface area contributed by atoms with Gasteiger partial charge in [-0.25, -0.2) is 4.98 Å². The molecule has 0 aliphatic rings. The molecule has 17 heavy (non-hydrogen) atoms. The molecule has 0 saturated carbocycles. The summed E-state index contributed by atoms with van der Waals surface area (Å²) in [6, 6.07) is 4.71. The first-order valence-electron chi connectivity index (χ1n) is 6.03. The number of hydrogen-bond acceptors (Lipinski definition) is 4. The largest absolute Gasteiger partial charge is 0.356 e. The SMILES string of the molecule is CCC(CSC)N(C)c1ccc([C@H](C)N)cn1. The Labute approximate surface area is 109 Å². The van der Waals surface area contributed by atoms with Gasteiger partial charge in [-0.1, -0.05) is 13.0 Å². The molecule has 0 amide bonds. The number of aromatic nitrogens is 1. The molecular formula is C13H23N3S. The van der Waals surface area contributed by atoms with E-state index in [2.05, 4.69) is 42.2 Å².